The van der Waals surface area contributed by atoms with E-state index in [1.165, 1.54) is 23.1 Å². The molecule has 0 aliphatic rings. The zero-order valence-electron chi connectivity index (χ0n) is 15.9. The Labute approximate surface area is 196 Å². The number of halogens is 2. The van der Waals surface area contributed by atoms with Crippen LogP contribution in [0.25, 0.3) is 10.2 Å². The van der Waals surface area contributed by atoms with Gasteiger partial charge in [-0.25, -0.2) is 4.98 Å². The van der Waals surface area contributed by atoms with Crippen molar-refractivity contribution in [2.75, 3.05) is 16.4 Å². The van der Waals surface area contributed by atoms with Crippen molar-refractivity contribution >= 4 is 79.7 Å². The van der Waals surface area contributed by atoms with E-state index in [0.717, 1.165) is 14.6 Å². The number of carbonyl (C=O) groups is 2. The summed E-state index contributed by atoms with van der Waals surface area (Å²) in [6.45, 7) is 0. The van der Waals surface area contributed by atoms with Gasteiger partial charge in [-0.15, -0.1) is 11.3 Å². The smallest absolute Gasteiger partial charge is 0.255 e. The number of rotatable bonds is 6. The average molecular weight is 488 g/mol. The minimum absolute atomic E-state index is 0.159. The van der Waals surface area contributed by atoms with Crippen molar-refractivity contribution in [3.8, 4) is 0 Å². The van der Waals surface area contributed by atoms with Crippen LogP contribution in [0.3, 0.4) is 0 Å². The van der Waals surface area contributed by atoms with Crippen LogP contribution in [0.1, 0.15) is 10.4 Å². The summed E-state index contributed by atoms with van der Waals surface area (Å²) in [5.41, 5.74) is 2.59. The highest BCUT2D eigenvalue weighted by atomic mass is 35.5. The molecule has 4 rings (SSSR count). The number of aromatic nitrogens is 1. The molecule has 0 aliphatic carbocycles. The quantitative estimate of drug-likeness (QED) is 0.301. The monoisotopic (exact) mass is 487 g/mol. The predicted molar refractivity (Wildman–Crippen MR) is 130 cm³/mol. The second-order valence-electron chi connectivity index (χ2n) is 6.44. The third kappa shape index (κ3) is 5.57. The number of benzene rings is 3. The highest BCUT2D eigenvalue weighted by Crippen LogP contribution is 2.31. The van der Waals surface area contributed by atoms with E-state index in [9.17, 15) is 9.59 Å². The molecule has 0 radical (unpaired) electrons. The van der Waals surface area contributed by atoms with E-state index in [0.29, 0.717) is 27.0 Å². The number of nitrogens with one attached hydrogen (secondary N) is 2. The van der Waals surface area contributed by atoms with Crippen LogP contribution in [-0.4, -0.2) is 22.6 Å². The lowest BCUT2D eigenvalue weighted by molar-refractivity contribution is -0.113. The normalized spacial score (nSPS) is 10.8. The van der Waals surface area contributed by atoms with Crippen LogP contribution in [-0.2, 0) is 4.79 Å². The third-order valence-electron chi connectivity index (χ3n) is 4.21. The van der Waals surface area contributed by atoms with E-state index >= 15 is 0 Å². The van der Waals surface area contributed by atoms with Crippen LogP contribution in [0.2, 0.25) is 10.0 Å². The molecule has 0 aliphatic heterocycles. The molecule has 4 aromatic rings. The molecule has 0 saturated heterocycles. The molecule has 1 aromatic heterocycles. The van der Waals surface area contributed by atoms with Crippen molar-refractivity contribution in [2.45, 2.75) is 4.34 Å². The molecule has 0 atom stereocenters. The summed E-state index contributed by atoms with van der Waals surface area (Å²) < 4.78 is 1.69. The number of thiazole rings is 1. The molecule has 5 nitrogen and oxygen atoms in total. The summed E-state index contributed by atoms with van der Waals surface area (Å²) in [5, 5.41) is 6.74. The second-order valence-corrected chi connectivity index (χ2v) is 9.54. The highest BCUT2D eigenvalue weighted by Gasteiger charge is 2.11. The fourth-order valence-corrected chi connectivity index (χ4v) is 4.94. The molecular weight excluding hydrogens is 473 g/mol. The number of para-hydroxylation sites is 1. The summed E-state index contributed by atoms with van der Waals surface area (Å²) in [5.74, 6) is -0.162. The van der Waals surface area contributed by atoms with Gasteiger partial charge in [-0.3, -0.25) is 9.59 Å². The van der Waals surface area contributed by atoms with Gasteiger partial charge in [0, 0.05) is 16.3 Å². The molecule has 2 amide bonds. The van der Waals surface area contributed by atoms with Crippen molar-refractivity contribution in [2.24, 2.45) is 0 Å². The largest absolute Gasteiger partial charge is 0.324 e. The van der Waals surface area contributed by atoms with E-state index in [2.05, 4.69) is 15.6 Å². The maximum atomic E-state index is 12.4. The highest BCUT2D eigenvalue weighted by molar-refractivity contribution is 8.01. The molecule has 2 N–H and O–H groups in total. The first-order chi connectivity index (χ1) is 15.0. The Morgan fingerprint density at radius 3 is 2.52 bits per heavy atom. The van der Waals surface area contributed by atoms with Crippen molar-refractivity contribution in [3.63, 3.8) is 0 Å². The Bertz CT molecular complexity index is 1260. The van der Waals surface area contributed by atoms with Gasteiger partial charge in [0.05, 0.1) is 26.7 Å². The zero-order valence-corrected chi connectivity index (χ0v) is 19.0. The molecule has 0 bridgehead atoms. The molecule has 0 saturated carbocycles. The Kier molecular flexibility index (Phi) is 6.77. The topological polar surface area (TPSA) is 71.1 Å². The fourth-order valence-electron chi connectivity index (χ4n) is 2.72. The van der Waals surface area contributed by atoms with Gasteiger partial charge in [0.2, 0.25) is 5.91 Å². The van der Waals surface area contributed by atoms with Crippen molar-refractivity contribution in [3.05, 3.63) is 82.3 Å². The first-order valence-electron chi connectivity index (χ1n) is 9.12. The van der Waals surface area contributed by atoms with Gasteiger partial charge in [0.25, 0.3) is 5.91 Å². The molecule has 0 unspecified atom stereocenters. The van der Waals surface area contributed by atoms with E-state index in [1.54, 1.807) is 48.5 Å². The number of hydrogen-bond acceptors (Lipinski definition) is 5. The molecule has 31 heavy (non-hydrogen) atoms. The Hall–Kier alpha value is -2.58. The fraction of sp³-hybridized carbons (Fsp3) is 0.0455. The molecule has 156 valence electrons. The first-order valence-corrected chi connectivity index (χ1v) is 11.7. The average Bonchev–Trinajstić information content (AvgIpc) is 3.16. The Morgan fingerprint density at radius 2 is 1.74 bits per heavy atom. The van der Waals surface area contributed by atoms with Gasteiger partial charge in [0.1, 0.15) is 0 Å². The lowest BCUT2D eigenvalue weighted by Crippen LogP contribution is -2.14. The maximum Gasteiger partial charge on any atom is 0.255 e. The van der Waals surface area contributed by atoms with Gasteiger partial charge in [0.15, 0.2) is 4.34 Å². The lowest BCUT2D eigenvalue weighted by Gasteiger charge is -2.05. The first kappa shape index (κ1) is 21.6. The SMILES string of the molecule is O=C(CSc1nc2ccc(NC(=O)c3ccc(Cl)cc3)cc2s1)Nc1ccccc1Cl. The third-order valence-corrected chi connectivity index (χ3v) is 6.95. The summed E-state index contributed by atoms with van der Waals surface area (Å²) in [4.78, 5) is 29.2. The molecule has 9 heteroatoms. The van der Waals surface area contributed by atoms with Crippen LogP contribution in [0.4, 0.5) is 11.4 Å². The van der Waals surface area contributed by atoms with Crippen LogP contribution in [0.15, 0.2) is 71.1 Å². The molecule has 1 heterocycles. The standard InChI is InChI=1S/C22H15Cl2N3O2S2/c23-14-7-5-13(6-8-14)21(29)25-15-9-10-18-19(11-15)31-22(27-18)30-12-20(28)26-17-4-2-1-3-16(17)24/h1-11H,12H2,(H,25,29)(H,26,28). The zero-order chi connectivity index (χ0) is 21.8. The Balaban J connectivity index is 1.39. The van der Waals surface area contributed by atoms with E-state index in [4.69, 9.17) is 23.2 Å². The summed E-state index contributed by atoms with van der Waals surface area (Å²) in [6.07, 6.45) is 0. The number of anilines is 2. The van der Waals surface area contributed by atoms with E-state index in [1.807, 2.05) is 18.2 Å². The number of fused-ring (bicyclic) bond motifs is 1. The number of hydrogen-bond donors (Lipinski definition) is 2. The van der Waals surface area contributed by atoms with Crippen molar-refractivity contribution in [1.29, 1.82) is 0 Å². The van der Waals surface area contributed by atoms with Gasteiger partial charge >= 0.3 is 0 Å². The molecule has 0 fully saturated rings. The predicted octanol–water partition coefficient (Wildman–Crippen LogP) is 6.59. The molecule has 0 spiro atoms. The molecule has 3 aromatic carbocycles. The summed E-state index contributed by atoms with van der Waals surface area (Å²) >= 11 is 14.7. The van der Waals surface area contributed by atoms with Crippen LogP contribution >= 0.6 is 46.3 Å². The van der Waals surface area contributed by atoms with Gasteiger partial charge in [-0.05, 0) is 54.6 Å². The maximum absolute atomic E-state index is 12.4. The number of nitrogens with zero attached hydrogens (tertiary/aromatic N) is 1. The summed E-state index contributed by atoms with van der Waals surface area (Å²) in [7, 11) is 0. The van der Waals surface area contributed by atoms with Gasteiger partial charge in [-0.2, -0.15) is 0 Å². The van der Waals surface area contributed by atoms with Crippen LogP contribution < -0.4 is 10.6 Å². The minimum atomic E-state index is -0.216. The van der Waals surface area contributed by atoms with Gasteiger partial charge < -0.3 is 10.6 Å². The lowest BCUT2D eigenvalue weighted by atomic mass is 10.2. The Morgan fingerprint density at radius 1 is 0.968 bits per heavy atom. The number of carbonyl (C=O) groups excluding carboxylic acids is 2. The molecular formula is C22H15Cl2N3O2S2. The van der Waals surface area contributed by atoms with E-state index in [-0.39, 0.29) is 17.6 Å². The summed E-state index contributed by atoms with van der Waals surface area (Å²) in [6, 6.07) is 19.3. The van der Waals surface area contributed by atoms with Crippen molar-refractivity contribution < 1.29 is 9.59 Å². The van der Waals surface area contributed by atoms with Crippen LogP contribution in [0.5, 0.6) is 0 Å². The second kappa shape index (κ2) is 9.70. The van der Waals surface area contributed by atoms with E-state index < -0.39 is 0 Å². The number of amides is 2. The van der Waals surface area contributed by atoms with Crippen molar-refractivity contribution in [1.82, 2.24) is 4.98 Å². The van der Waals surface area contributed by atoms with Gasteiger partial charge in [-0.1, -0.05) is 47.1 Å². The van der Waals surface area contributed by atoms with Crippen LogP contribution in [0, 0.1) is 0 Å². The minimum Gasteiger partial charge on any atom is -0.324 e. The number of thioether (sulfide) groups is 1.